The Hall–Kier alpha value is -0.280. The molecule has 0 aliphatic carbocycles. The average Bonchev–Trinajstić information content (AvgIpc) is 2.89. The molecule has 0 aromatic heterocycles. The van der Waals surface area contributed by atoms with E-state index in [4.69, 9.17) is 4.74 Å². The summed E-state index contributed by atoms with van der Waals surface area (Å²) in [6, 6.07) is 0. The van der Waals surface area contributed by atoms with Crippen LogP contribution in [0.2, 0.25) is 0 Å². The SMILES string of the molecule is CCN(CC1CCN(C(=O)CNCCOC)C1)CC(F)(F)F.Cl.Cl. The Morgan fingerprint density at radius 2 is 2.04 bits per heavy atom. The van der Waals surface area contributed by atoms with Crippen molar-refractivity contribution in [2.45, 2.75) is 19.5 Å². The number of ether oxygens (including phenoxy) is 1. The summed E-state index contributed by atoms with van der Waals surface area (Å²) in [5, 5.41) is 2.99. The smallest absolute Gasteiger partial charge is 0.383 e. The van der Waals surface area contributed by atoms with Crippen LogP contribution in [0.1, 0.15) is 13.3 Å². The summed E-state index contributed by atoms with van der Waals surface area (Å²) in [6.45, 7) is 4.15. The third kappa shape index (κ3) is 10.6. The Bertz CT molecular complexity index is 350. The molecule has 1 atom stereocenters. The molecular weight excluding hydrogens is 370 g/mol. The number of hydrogen-bond acceptors (Lipinski definition) is 4. The fourth-order valence-corrected chi connectivity index (χ4v) is 2.61. The van der Waals surface area contributed by atoms with Gasteiger partial charge in [-0.25, -0.2) is 0 Å². The molecule has 0 aromatic carbocycles. The number of hydrogen-bond donors (Lipinski definition) is 1. The highest BCUT2D eigenvalue weighted by atomic mass is 35.5. The Kier molecular flexibility index (Phi) is 14.1. The monoisotopic (exact) mass is 397 g/mol. The van der Waals surface area contributed by atoms with Crippen LogP contribution >= 0.6 is 24.8 Å². The van der Waals surface area contributed by atoms with Crippen LogP contribution in [0, 0.1) is 5.92 Å². The van der Waals surface area contributed by atoms with Crippen molar-refractivity contribution in [3.05, 3.63) is 0 Å². The van der Waals surface area contributed by atoms with Gasteiger partial charge in [0.2, 0.25) is 5.91 Å². The number of rotatable bonds is 9. The highest BCUT2D eigenvalue weighted by Gasteiger charge is 2.33. The Balaban J connectivity index is 0. The van der Waals surface area contributed by atoms with Crippen molar-refractivity contribution >= 4 is 30.7 Å². The lowest BCUT2D eigenvalue weighted by molar-refractivity contribution is -0.146. The highest BCUT2D eigenvalue weighted by Crippen LogP contribution is 2.21. The molecular formula is C14H28Cl2F3N3O2. The second-order valence-electron chi connectivity index (χ2n) is 5.61. The minimum atomic E-state index is -4.17. The van der Waals surface area contributed by atoms with Gasteiger partial charge in [-0.3, -0.25) is 9.69 Å². The largest absolute Gasteiger partial charge is 0.401 e. The van der Waals surface area contributed by atoms with Crippen LogP contribution in [-0.4, -0.2) is 81.4 Å². The number of likely N-dealkylation sites (tertiary alicyclic amines) is 1. The van der Waals surface area contributed by atoms with Crippen molar-refractivity contribution < 1.29 is 22.7 Å². The number of halogens is 5. The van der Waals surface area contributed by atoms with E-state index in [1.807, 2.05) is 0 Å². The molecule has 1 unspecified atom stereocenters. The van der Waals surface area contributed by atoms with Gasteiger partial charge in [-0.2, -0.15) is 13.2 Å². The first-order valence-electron chi connectivity index (χ1n) is 7.62. The van der Waals surface area contributed by atoms with E-state index in [-0.39, 0.29) is 43.2 Å². The summed E-state index contributed by atoms with van der Waals surface area (Å²) in [4.78, 5) is 15.1. The molecule has 1 amide bonds. The molecule has 0 bridgehead atoms. The highest BCUT2D eigenvalue weighted by molar-refractivity contribution is 5.85. The summed E-state index contributed by atoms with van der Waals surface area (Å²) in [5.74, 6) is 0.114. The van der Waals surface area contributed by atoms with Crippen LogP contribution < -0.4 is 5.32 Å². The third-order valence-corrected chi connectivity index (χ3v) is 3.76. The molecule has 1 heterocycles. The maximum absolute atomic E-state index is 12.4. The number of amides is 1. The van der Waals surface area contributed by atoms with E-state index in [1.165, 1.54) is 4.90 Å². The van der Waals surface area contributed by atoms with E-state index in [9.17, 15) is 18.0 Å². The average molecular weight is 398 g/mol. The van der Waals surface area contributed by atoms with E-state index in [0.29, 0.717) is 39.3 Å². The van der Waals surface area contributed by atoms with Crippen LogP contribution in [0.3, 0.4) is 0 Å². The molecule has 24 heavy (non-hydrogen) atoms. The van der Waals surface area contributed by atoms with Gasteiger partial charge in [0, 0.05) is 33.3 Å². The maximum atomic E-state index is 12.4. The zero-order chi connectivity index (χ0) is 16.6. The number of carbonyl (C=O) groups is 1. The number of nitrogens with one attached hydrogen (secondary N) is 1. The van der Waals surface area contributed by atoms with Crippen molar-refractivity contribution in [2.24, 2.45) is 5.92 Å². The molecule has 1 fully saturated rings. The van der Waals surface area contributed by atoms with Crippen LogP contribution in [0.15, 0.2) is 0 Å². The summed E-state index contributed by atoms with van der Waals surface area (Å²) in [6.07, 6.45) is -3.41. The first-order valence-corrected chi connectivity index (χ1v) is 7.62. The van der Waals surface area contributed by atoms with E-state index in [2.05, 4.69) is 5.32 Å². The van der Waals surface area contributed by atoms with Crippen molar-refractivity contribution in [3.63, 3.8) is 0 Å². The van der Waals surface area contributed by atoms with Crippen molar-refractivity contribution in [1.82, 2.24) is 15.1 Å². The normalized spacial score (nSPS) is 17.6. The number of methoxy groups -OCH3 is 1. The summed E-state index contributed by atoms with van der Waals surface area (Å²) in [7, 11) is 1.59. The van der Waals surface area contributed by atoms with Gasteiger partial charge in [-0.15, -0.1) is 24.8 Å². The van der Waals surface area contributed by atoms with Gasteiger partial charge in [0.25, 0.3) is 0 Å². The predicted molar refractivity (Wildman–Crippen MR) is 92.1 cm³/mol. The molecule has 5 nitrogen and oxygen atoms in total. The first kappa shape index (κ1) is 26.0. The van der Waals surface area contributed by atoms with E-state index in [0.717, 1.165) is 6.42 Å². The number of nitrogens with zero attached hydrogens (tertiary/aromatic N) is 2. The van der Waals surface area contributed by atoms with Crippen LogP contribution in [0.5, 0.6) is 0 Å². The molecule has 1 aliphatic heterocycles. The standard InChI is InChI=1S/C14H26F3N3O2.2ClH/c1-3-19(11-14(15,16)17)9-12-4-6-20(10-12)13(21)8-18-5-7-22-2;;/h12,18H,3-11H2,1-2H3;2*1H. The molecule has 1 saturated heterocycles. The lowest BCUT2D eigenvalue weighted by atomic mass is 10.1. The second kappa shape index (κ2) is 13.0. The Labute approximate surface area is 154 Å². The molecule has 1 rings (SSSR count). The minimum absolute atomic E-state index is 0. The zero-order valence-corrected chi connectivity index (χ0v) is 15.7. The minimum Gasteiger partial charge on any atom is -0.383 e. The zero-order valence-electron chi connectivity index (χ0n) is 14.1. The lowest BCUT2D eigenvalue weighted by Crippen LogP contribution is -2.40. The predicted octanol–water partition coefficient (Wildman–Crippen LogP) is 1.80. The molecule has 0 spiro atoms. The lowest BCUT2D eigenvalue weighted by Gasteiger charge is -2.25. The maximum Gasteiger partial charge on any atom is 0.401 e. The number of carbonyl (C=O) groups excluding carboxylic acids is 1. The Morgan fingerprint density at radius 3 is 2.58 bits per heavy atom. The molecule has 10 heteroatoms. The van der Waals surface area contributed by atoms with Gasteiger partial charge in [-0.05, 0) is 18.9 Å². The van der Waals surface area contributed by atoms with E-state index >= 15 is 0 Å². The van der Waals surface area contributed by atoms with Gasteiger partial charge < -0.3 is 15.0 Å². The van der Waals surface area contributed by atoms with Crippen molar-refractivity contribution in [2.75, 3.05) is 59.5 Å². The van der Waals surface area contributed by atoms with Crippen LogP contribution in [-0.2, 0) is 9.53 Å². The van der Waals surface area contributed by atoms with Crippen molar-refractivity contribution in [3.8, 4) is 0 Å². The summed E-state index contributed by atoms with van der Waals surface area (Å²) in [5.41, 5.74) is 0. The van der Waals surface area contributed by atoms with Gasteiger partial charge in [0.15, 0.2) is 0 Å². The van der Waals surface area contributed by atoms with Gasteiger partial charge in [0.1, 0.15) is 0 Å². The molecule has 0 radical (unpaired) electrons. The van der Waals surface area contributed by atoms with E-state index in [1.54, 1.807) is 18.9 Å². The summed E-state index contributed by atoms with van der Waals surface area (Å²) < 4.78 is 42.2. The molecule has 0 saturated carbocycles. The first-order chi connectivity index (χ1) is 10.4. The Morgan fingerprint density at radius 1 is 1.38 bits per heavy atom. The second-order valence-corrected chi connectivity index (χ2v) is 5.61. The summed E-state index contributed by atoms with van der Waals surface area (Å²) >= 11 is 0. The molecule has 1 aliphatic rings. The van der Waals surface area contributed by atoms with Gasteiger partial charge >= 0.3 is 6.18 Å². The fraction of sp³-hybridized carbons (Fsp3) is 0.929. The topological polar surface area (TPSA) is 44.8 Å². The third-order valence-electron chi connectivity index (χ3n) is 3.76. The van der Waals surface area contributed by atoms with Crippen molar-refractivity contribution in [1.29, 1.82) is 0 Å². The quantitative estimate of drug-likeness (QED) is 0.602. The van der Waals surface area contributed by atoms with Gasteiger partial charge in [0.05, 0.1) is 19.7 Å². The molecule has 1 N–H and O–H groups in total. The van der Waals surface area contributed by atoms with Crippen LogP contribution in [0.25, 0.3) is 0 Å². The van der Waals surface area contributed by atoms with Gasteiger partial charge in [-0.1, -0.05) is 6.92 Å². The molecule has 0 aromatic rings. The van der Waals surface area contributed by atoms with E-state index < -0.39 is 12.7 Å². The van der Waals surface area contributed by atoms with Crippen LogP contribution in [0.4, 0.5) is 13.2 Å². The number of alkyl halides is 3. The fourth-order valence-electron chi connectivity index (χ4n) is 2.61. The molecule has 146 valence electrons.